The molecule has 0 aliphatic carbocycles. The molecule has 1 N–H and O–H groups in total. The van der Waals surface area contributed by atoms with Gasteiger partial charge in [-0.15, -0.1) is 0 Å². The third-order valence-corrected chi connectivity index (χ3v) is 3.70. The molecule has 1 aliphatic rings. The highest BCUT2D eigenvalue weighted by Crippen LogP contribution is 2.13. The average molecular weight is 307 g/mol. The van der Waals surface area contributed by atoms with E-state index in [1.807, 2.05) is 0 Å². The third-order valence-electron chi connectivity index (χ3n) is 3.70. The van der Waals surface area contributed by atoms with Gasteiger partial charge >= 0.3 is 5.97 Å². The maximum Gasteiger partial charge on any atom is 0.335 e. The summed E-state index contributed by atoms with van der Waals surface area (Å²) < 4.78 is 10.6. The maximum atomic E-state index is 12.3. The fraction of sp³-hybridized carbons (Fsp3) is 0.500. The van der Waals surface area contributed by atoms with Gasteiger partial charge in [0.2, 0.25) is 5.91 Å². The van der Waals surface area contributed by atoms with Gasteiger partial charge in [-0.3, -0.25) is 4.79 Å². The highest BCUT2D eigenvalue weighted by Gasteiger charge is 2.24. The third kappa shape index (κ3) is 4.29. The molecule has 6 nitrogen and oxygen atoms in total. The Balaban J connectivity index is 1.91. The molecule has 2 rings (SSSR count). The quantitative estimate of drug-likeness (QED) is 0.854. The summed E-state index contributed by atoms with van der Waals surface area (Å²) in [5.41, 5.74) is 0.944. The number of carbonyl (C=O) groups excluding carboxylic acids is 1. The lowest BCUT2D eigenvalue weighted by Crippen LogP contribution is -2.47. The van der Waals surface area contributed by atoms with E-state index in [9.17, 15) is 9.59 Å². The number of rotatable bonds is 6. The SMILES string of the molecule is COCC1CN(C(=O)CCc2ccccc2C(=O)O)CCO1. The molecule has 0 aromatic heterocycles. The fourth-order valence-electron chi connectivity index (χ4n) is 2.58. The van der Waals surface area contributed by atoms with Gasteiger partial charge in [0, 0.05) is 26.6 Å². The summed E-state index contributed by atoms with van der Waals surface area (Å²) in [6.07, 6.45) is 0.631. The van der Waals surface area contributed by atoms with E-state index in [0.717, 1.165) is 0 Å². The van der Waals surface area contributed by atoms with Crippen LogP contribution in [-0.2, 0) is 20.7 Å². The number of carboxylic acids is 1. The van der Waals surface area contributed by atoms with Crippen LogP contribution in [0.25, 0.3) is 0 Å². The van der Waals surface area contributed by atoms with Gasteiger partial charge in [-0.25, -0.2) is 4.79 Å². The van der Waals surface area contributed by atoms with Crippen molar-refractivity contribution in [2.45, 2.75) is 18.9 Å². The molecule has 1 unspecified atom stereocenters. The highest BCUT2D eigenvalue weighted by molar-refractivity contribution is 5.89. The molecular formula is C16H21NO5. The molecule has 1 atom stereocenters. The number of carbonyl (C=O) groups is 2. The number of morpholine rings is 1. The van der Waals surface area contributed by atoms with Crippen LogP contribution < -0.4 is 0 Å². The van der Waals surface area contributed by atoms with Gasteiger partial charge in [0.1, 0.15) is 0 Å². The lowest BCUT2D eigenvalue weighted by atomic mass is 10.0. The average Bonchev–Trinajstić information content (AvgIpc) is 2.53. The monoisotopic (exact) mass is 307 g/mol. The molecule has 0 radical (unpaired) electrons. The predicted octanol–water partition coefficient (Wildman–Crippen LogP) is 1.19. The summed E-state index contributed by atoms with van der Waals surface area (Å²) in [5.74, 6) is -0.945. The van der Waals surface area contributed by atoms with Gasteiger partial charge in [-0.05, 0) is 18.1 Å². The first-order valence-corrected chi connectivity index (χ1v) is 7.31. The van der Waals surface area contributed by atoms with Crippen molar-refractivity contribution in [1.82, 2.24) is 4.90 Å². The Labute approximate surface area is 129 Å². The molecule has 6 heteroatoms. The summed E-state index contributed by atoms with van der Waals surface area (Å²) in [6.45, 7) is 2.06. The molecule has 1 aromatic carbocycles. The Hall–Kier alpha value is -1.92. The van der Waals surface area contributed by atoms with E-state index < -0.39 is 5.97 Å². The van der Waals surface area contributed by atoms with Gasteiger partial charge in [0.25, 0.3) is 0 Å². The van der Waals surface area contributed by atoms with Crippen LogP contribution in [0.1, 0.15) is 22.3 Å². The van der Waals surface area contributed by atoms with Crippen LogP contribution in [0.4, 0.5) is 0 Å². The van der Waals surface area contributed by atoms with Gasteiger partial charge < -0.3 is 19.5 Å². The van der Waals surface area contributed by atoms with E-state index in [0.29, 0.717) is 44.7 Å². The second-order valence-corrected chi connectivity index (χ2v) is 5.25. The van der Waals surface area contributed by atoms with Crippen LogP contribution >= 0.6 is 0 Å². The molecule has 0 spiro atoms. The zero-order valence-electron chi connectivity index (χ0n) is 12.7. The molecule has 22 heavy (non-hydrogen) atoms. The molecule has 1 fully saturated rings. The summed E-state index contributed by atoms with van der Waals surface area (Å²) >= 11 is 0. The van der Waals surface area contributed by atoms with E-state index in [1.54, 1.807) is 36.3 Å². The zero-order chi connectivity index (χ0) is 15.9. The molecular weight excluding hydrogens is 286 g/mol. The first-order chi connectivity index (χ1) is 10.6. The minimum Gasteiger partial charge on any atom is -0.478 e. The second kappa shape index (κ2) is 7.91. The van der Waals surface area contributed by atoms with Crippen LogP contribution in [0.3, 0.4) is 0 Å². The first-order valence-electron chi connectivity index (χ1n) is 7.31. The number of aromatic carboxylic acids is 1. The number of hydrogen-bond acceptors (Lipinski definition) is 4. The van der Waals surface area contributed by atoms with Crippen LogP contribution in [-0.4, -0.2) is 61.4 Å². The number of benzene rings is 1. The Morgan fingerprint density at radius 2 is 2.18 bits per heavy atom. The van der Waals surface area contributed by atoms with Crippen molar-refractivity contribution in [3.05, 3.63) is 35.4 Å². The molecule has 1 aromatic rings. The number of amides is 1. The van der Waals surface area contributed by atoms with Crippen LogP contribution in [0.15, 0.2) is 24.3 Å². The first kappa shape index (κ1) is 16.5. The molecule has 0 bridgehead atoms. The van der Waals surface area contributed by atoms with E-state index in [2.05, 4.69) is 0 Å². The van der Waals surface area contributed by atoms with E-state index in [-0.39, 0.29) is 17.6 Å². The van der Waals surface area contributed by atoms with Crippen molar-refractivity contribution in [3.63, 3.8) is 0 Å². The molecule has 0 saturated carbocycles. The maximum absolute atomic E-state index is 12.3. The Kier molecular flexibility index (Phi) is 5.91. The summed E-state index contributed by atoms with van der Waals surface area (Å²) in [6, 6.07) is 6.79. The number of ether oxygens (including phenoxy) is 2. The summed E-state index contributed by atoms with van der Waals surface area (Å²) in [4.78, 5) is 25.2. The Bertz CT molecular complexity index is 529. The number of carboxylic acid groups (broad SMARTS) is 1. The molecule has 120 valence electrons. The lowest BCUT2D eigenvalue weighted by Gasteiger charge is -2.32. The zero-order valence-corrected chi connectivity index (χ0v) is 12.7. The predicted molar refractivity (Wildman–Crippen MR) is 79.9 cm³/mol. The van der Waals surface area contributed by atoms with Gasteiger partial charge in [0.15, 0.2) is 0 Å². The number of methoxy groups -OCH3 is 1. The van der Waals surface area contributed by atoms with E-state index >= 15 is 0 Å². The van der Waals surface area contributed by atoms with Crippen molar-refractivity contribution < 1.29 is 24.2 Å². The number of nitrogens with zero attached hydrogens (tertiary/aromatic N) is 1. The van der Waals surface area contributed by atoms with Crippen molar-refractivity contribution in [1.29, 1.82) is 0 Å². The van der Waals surface area contributed by atoms with Crippen molar-refractivity contribution >= 4 is 11.9 Å². The summed E-state index contributed by atoms with van der Waals surface area (Å²) in [7, 11) is 1.60. The lowest BCUT2D eigenvalue weighted by molar-refractivity contribution is -0.140. The molecule has 1 heterocycles. The minimum atomic E-state index is -0.963. The van der Waals surface area contributed by atoms with Crippen molar-refractivity contribution in [2.75, 3.05) is 33.4 Å². The van der Waals surface area contributed by atoms with Gasteiger partial charge in [-0.2, -0.15) is 0 Å². The van der Waals surface area contributed by atoms with Gasteiger partial charge in [-0.1, -0.05) is 18.2 Å². The second-order valence-electron chi connectivity index (χ2n) is 5.25. The highest BCUT2D eigenvalue weighted by atomic mass is 16.5. The van der Waals surface area contributed by atoms with E-state index in [4.69, 9.17) is 14.6 Å². The molecule has 1 saturated heterocycles. The van der Waals surface area contributed by atoms with Gasteiger partial charge in [0.05, 0.1) is 24.9 Å². The van der Waals surface area contributed by atoms with Crippen molar-refractivity contribution in [3.8, 4) is 0 Å². The number of aryl methyl sites for hydroxylation is 1. The number of hydrogen-bond donors (Lipinski definition) is 1. The Morgan fingerprint density at radius 3 is 2.91 bits per heavy atom. The normalized spacial score (nSPS) is 18.2. The van der Waals surface area contributed by atoms with Crippen LogP contribution in [0.5, 0.6) is 0 Å². The van der Waals surface area contributed by atoms with Crippen LogP contribution in [0, 0.1) is 0 Å². The topological polar surface area (TPSA) is 76.1 Å². The smallest absolute Gasteiger partial charge is 0.335 e. The summed E-state index contributed by atoms with van der Waals surface area (Å²) in [5, 5.41) is 9.15. The molecule has 1 amide bonds. The Morgan fingerprint density at radius 1 is 1.41 bits per heavy atom. The molecule has 1 aliphatic heterocycles. The minimum absolute atomic E-state index is 0.0181. The van der Waals surface area contributed by atoms with Crippen LogP contribution in [0.2, 0.25) is 0 Å². The van der Waals surface area contributed by atoms with Crippen molar-refractivity contribution in [2.24, 2.45) is 0 Å². The van der Waals surface area contributed by atoms with E-state index in [1.165, 1.54) is 0 Å². The fourth-order valence-corrected chi connectivity index (χ4v) is 2.58. The largest absolute Gasteiger partial charge is 0.478 e. The standard InChI is InChI=1S/C16H21NO5/c1-21-11-13-10-17(8-9-22-13)15(18)7-6-12-4-2-3-5-14(12)16(19)20/h2-5,13H,6-11H2,1H3,(H,19,20).